The Morgan fingerprint density at radius 1 is 0.490 bits per heavy atom. The Bertz CT molecular complexity index is 2700. The van der Waals surface area contributed by atoms with Crippen LogP contribution in [-0.4, -0.2) is 4.57 Å². The summed E-state index contributed by atoms with van der Waals surface area (Å²) in [5, 5.41) is 22.9. The fourth-order valence-electron chi connectivity index (χ4n) is 7.99. The molecule has 0 fully saturated rings. The molecule has 0 radical (unpaired) electrons. The van der Waals surface area contributed by atoms with Crippen LogP contribution in [-0.2, 0) is 5.41 Å². The molecule has 8 aromatic rings. The lowest BCUT2D eigenvalue weighted by atomic mass is 9.72. The predicted molar refractivity (Wildman–Crippen MR) is 208 cm³/mol. The molecule has 9 rings (SSSR count). The van der Waals surface area contributed by atoms with Gasteiger partial charge in [0.2, 0.25) is 0 Å². The molecular weight excluding hydrogens is 621 g/mol. The van der Waals surface area contributed by atoms with Gasteiger partial charge in [-0.15, -0.1) is 0 Å². The smallest absolute Gasteiger partial charge is 0.0998 e. The summed E-state index contributed by atoms with van der Waals surface area (Å²) in [4.78, 5) is 2.34. The van der Waals surface area contributed by atoms with E-state index in [0.717, 1.165) is 61.1 Å². The highest BCUT2D eigenvalue weighted by atomic mass is 15.2. The first-order chi connectivity index (χ1) is 25.0. The highest BCUT2D eigenvalue weighted by Crippen LogP contribution is 2.52. The summed E-state index contributed by atoms with van der Waals surface area (Å²) in [7, 11) is 0. The van der Waals surface area contributed by atoms with E-state index < -0.39 is 0 Å². The number of hydrogen-bond donors (Lipinski definition) is 0. The number of para-hydroxylation sites is 4. The van der Waals surface area contributed by atoms with Crippen LogP contribution in [0.1, 0.15) is 36.1 Å². The highest BCUT2D eigenvalue weighted by Gasteiger charge is 2.37. The molecule has 7 aromatic carbocycles. The first-order valence-corrected chi connectivity index (χ1v) is 17.1. The molecule has 4 nitrogen and oxygen atoms in total. The first kappa shape index (κ1) is 30.2. The van der Waals surface area contributed by atoms with Crippen molar-refractivity contribution in [2.24, 2.45) is 0 Å². The van der Waals surface area contributed by atoms with E-state index in [9.17, 15) is 10.5 Å². The van der Waals surface area contributed by atoms with E-state index in [4.69, 9.17) is 0 Å². The zero-order valence-corrected chi connectivity index (χ0v) is 28.3. The van der Waals surface area contributed by atoms with E-state index >= 15 is 0 Å². The number of fused-ring (bicyclic) bond motifs is 5. The number of aromatic nitrogens is 1. The molecule has 1 aliphatic rings. The van der Waals surface area contributed by atoms with Crippen molar-refractivity contribution >= 4 is 38.9 Å². The Kier molecular flexibility index (Phi) is 6.88. The summed E-state index contributed by atoms with van der Waals surface area (Å²) in [6.45, 7) is 4.57. The second-order valence-electron chi connectivity index (χ2n) is 13.6. The molecule has 0 saturated carbocycles. The van der Waals surface area contributed by atoms with Crippen molar-refractivity contribution in [2.45, 2.75) is 19.3 Å². The topological polar surface area (TPSA) is 55.8 Å². The van der Waals surface area contributed by atoms with E-state index in [-0.39, 0.29) is 5.41 Å². The molecule has 0 amide bonds. The lowest BCUT2D eigenvalue weighted by Crippen LogP contribution is -2.30. The lowest BCUT2D eigenvalue weighted by Gasteiger charge is -2.42. The third-order valence-electron chi connectivity index (χ3n) is 10.5. The van der Waals surface area contributed by atoms with Gasteiger partial charge in [0, 0.05) is 27.4 Å². The zero-order chi connectivity index (χ0) is 34.7. The summed E-state index contributed by atoms with van der Waals surface area (Å²) in [5.41, 5.74) is 13.6. The van der Waals surface area contributed by atoms with Crippen LogP contribution in [0.15, 0.2) is 158 Å². The molecule has 240 valence electrons. The predicted octanol–water partition coefficient (Wildman–Crippen LogP) is 12.0. The number of anilines is 3. The third-order valence-corrected chi connectivity index (χ3v) is 10.5. The van der Waals surface area contributed by atoms with E-state index in [2.05, 4.69) is 151 Å². The minimum Gasteiger partial charge on any atom is -0.310 e. The molecule has 0 N–H and O–H groups in total. The average molecular weight is 653 g/mol. The maximum atomic E-state index is 10.6. The minimum atomic E-state index is -0.264. The summed E-state index contributed by atoms with van der Waals surface area (Å²) in [5.74, 6) is 0. The Morgan fingerprint density at radius 2 is 1.10 bits per heavy atom. The molecule has 0 spiro atoms. The van der Waals surface area contributed by atoms with Gasteiger partial charge in [-0.25, -0.2) is 0 Å². The van der Waals surface area contributed by atoms with Gasteiger partial charge < -0.3 is 9.47 Å². The maximum Gasteiger partial charge on any atom is 0.0998 e. The van der Waals surface area contributed by atoms with Crippen LogP contribution in [0.2, 0.25) is 0 Å². The van der Waals surface area contributed by atoms with Crippen LogP contribution in [0.25, 0.3) is 49.7 Å². The van der Waals surface area contributed by atoms with E-state index in [0.29, 0.717) is 11.1 Å². The standard InChI is InChI=1S/C47H32N4/c1-47(2)40-16-8-11-19-44(40)50(35-12-4-3-5-13-35)45-25-22-33(28-41(45)47)36-24-21-32(27-34(36)30-49)37-23-20-31(29-48)26-46(37)51-42-17-9-6-14-38(42)39-15-7-10-18-43(39)51/h3-28H,1-2H3. The molecule has 0 aliphatic carbocycles. The molecule has 0 atom stereocenters. The maximum absolute atomic E-state index is 10.6. The van der Waals surface area contributed by atoms with Crippen molar-refractivity contribution in [2.75, 3.05) is 4.90 Å². The van der Waals surface area contributed by atoms with Crippen LogP contribution in [0.3, 0.4) is 0 Å². The Hall–Kier alpha value is -6.88. The average Bonchev–Trinajstić information content (AvgIpc) is 3.52. The van der Waals surface area contributed by atoms with Crippen LogP contribution >= 0.6 is 0 Å². The molecule has 1 aliphatic heterocycles. The second-order valence-corrected chi connectivity index (χ2v) is 13.6. The Labute approximate surface area is 297 Å². The summed E-state index contributed by atoms with van der Waals surface area (Å²) in [6, 6.07) is 59.3. The lowest BCUT2D eigenvalue weighted by molar-refractivity contribution is 0.632. The molecule has 1 aromatic heterocycles. The van der Waals surface area contributed by atoms with Gasteiger partial charge in [-0.05, 0) is 88.5 Å². The number of benzene rings is 7. The SMILES string of the molecule is CC1(C)c2ccccc2N(c2ccccc2)c2ccc(-c3ccc(-c4ccc(C#N)cc4-n4c5ccccc5c5ccccc54)cc3C#N)cc21. The Balaban J connectivity index is 1.20. The van der Waals surface area contributed by atoms with Crippen molar-refractivity contribution in [3.8, 4) is 40.1 Å². The Morgan fingerprint density at radius 3 is 1.82 bits per heavy atom. The van der Waals surface area contributed by atoms with Gasteiger partial charge >= 0.3 is 0 Å². The summed E-state index contributed by atoms with van der Waals surface area (Å²) in [6.07, 6.45) is 0. The van der Waals surface area contributed by atoms with E-state index in [1.165, 1.54) is 16.8 Å². The fourth-order valence-corrected chi connectivity index (χ4v) is 7.99. The van der Waals surface area contributed by atoms with Crippen molar-refractivity contribution in [1.82, 2.24) is 4.57 Å². The quantitative estimate of drug-likeness (QED) is 0.190. The zero-order valence-electron chi connectivity index (χ0n) is 28.3. The van der Waals surface area contributed by atoms with Gasteiger partial charge in [0.25, 0.3) is 0 Å². The van der Waals surface area contributed by atoms with Gasteiger partial charge in [0.05, 0.1) is 51.4 Å². The normalized spacial score (nSPS) is 13.0. The molecule has 4 heteroatoms. The van der Waals surface area contributed by atoms with Crippen LogP contribution in [0, 0.1) is 22.7 Å². The summed E-state index contributed by atoms with van der Waals surface area (Å²) < 4.78 is 2.24. The van der Waals surface area contributed by atoms with Gasteiger partial charge in [0.1, 0.15) is 0 Å². The molecular formula is C47H32N4. The fraction of sp³-hybridized carbons (Fsp3) is 0.0638. The molecule has 2 heterocycles. The van der Waals surface area contributed by atoms with Crippen molar-refractivity contribution in [3.63, 3.8) is 0 Å². The van der Waals surface area contributed by atoms with Crippen LogP contribution < -0.4 is 4.90 Å². The summed E-state index contributed by atoms with van der Waals surface area (Å²) >= 11 is 0. The largest absolute Gasteiger partial charge is 0.310 e. The number of nitrogens with zero attached hydrogens (tertiary/aromatic N) is 4. The van der Waals surface area contributed by atoms with Gasteiger partial charge in [-0.3, -0.25) is 0 Å². The minimum absolute atomic E-state index is 0.264. The number of nitriles is 2. The van der Waals surface area contributed by atoms with Gasteiger partial charge in [-0.2, -0.15) is 10.5 Å². The third kappa shape index (κ3) is 4.66. The highest BCUT2D eigenvalue weighted by molar-refractivity contribution is 6.09. The number of rotatable bonds is 4. The van der Waals surface area contributed by atoms with E-state index in [1.807, 2.05) is 42.5 Å². The van der Waals surface area contributed by atoms with E-state index in [1.54, 1.807) is 0 Å². The molecule has 0 saturated heterocycles. The second kappa shape index (κ2) is 11.6. The first-order valence-electron chi connectivity index (χ1n) is 17.1. The monoisotopic (exact) mass is 652 g/mol. The van der Waals surface area contributed by atoms with Gasteiger partial charge in [0.15, 0.2) is 0 Å². The van der Waals surface area contributed by atoms with Crippen LogP contribution in [0.4, 0.5) is 17.1 Å². The number of hydrogen-bond acceptors (Lipinski definition) is 3. The van der Waals surface area contributed by atoms with Crippen molar-refractivity contribution in [3.05, 3.63) is 180 Å². The molecule has 0 bridgehead atoms. The van der Waals surface area contributed by atoms with Crippen LogP contribution in [0.5, 0.6) is 0 Å². The van der Waals surface area contributed by atoms with Crippen molar-refractivity contribution < 1.29 is 0 Å². The molecule has 51 heavy (non-hydrogen) atoms. The molecule has 0 unspecified atom stereocenters. The van der Waals surface area contributed by atoms with Gasteiger partial charge in [-0.1, -0.05) is 111 Å². The van der Waals surface area contributed by atoms with Crippen molar-refractivity contribution in [1.29, 1.82) is 10.5 Å².